The molecule has 0 aliphatic heterocycles. The first-order chi connectivity index (χ1) is 10.6. The Morgan fingerprint density at radius 2 is 2.00 bits per heavy atom. The van der Waals surface area contributed by atoms with Gasteiger partial charge >= 0.3 is 0 Å². The van der Waals surface area contributed by atoms with Crippen LogP contribution < -0.4 is 5.32 Å². The van der Waals surface area contributed by atoms with Gasteiger partial charge in [-0.1, -0.05) is 30.0 Å². The second-order valence-electron chi connectivity index (χ2n) is 5.08. The standard InChI is InChI=1S/C17H16N2O2S/c1-11-7-8-13(9-12(11)2)18-16(20)10-22-17-19-14-5-3-4-6-15(14)21-17/h3-9H,10H2,1-2H3,(H,18,20). The van der Waals surface area contributed by atoms with E-state index in [1.807, 2.05) is 56.3 Å². The number of aryl methyl sites for hydroxylation is 2. The molecule has 0 unspecified atom stereocenters. The number of nitrogens with one attached hydrogen (secondary N) is 1. The molecular formula is C17H16N2O2S. The predicted molar refractivity (Wildman–Crippen MR) is 89.3 cm³/mol. The third kappa shape index (κ3) is 3.31. The van der Waals surface area contributed by atoms with Gasteiger partial charge in [-0.3, -0.25) is 4.79 Å². The second-order valence-corrected chi connectivity index (χ2v) is 6.01. The minimum atomic E-state index is -0.0736. The second kappa shape index (κ2) is 6.23. The first-order valence-electron chi connectivity index (χ1n) is 6.97. The van der Waals surface area contributed by atoms with Gasteiger partial charge in [0, 0.05) is 5.69 Å². The summed E-state index contributed by atoms with van der Waals surface area (Å²) in [5.41, 5.74) is 4.72. The number of anilines is 1. The Labute approximate surface area is 132 Å². The van der Waals surface area contributed by atoms with Crippen molar-refractivity contribution >= 4 is 34.5 Å². The molecular weight excluding hydrogens is 296 g/mol. The number of rotatable bonds is 4. The number of thioether (sulfide) groups is 1. The number of hydrogen-bond acceptors (Lipinski definition) is 4. The van der Waals surface area contributed by atoms with E-state index < -0.39 is 0 Å². The number of para-hydroxylation sites is 2. The number of amides is 1. The average molecular weight is 312 g/mol. The summed E-state index contributed by atoms with van der Waals surface area (Å²) in [7, 11) is 0. The van der Waals surface area contributed by atoms with Gasteiger partial charge in [-0.05, 0) is 49.2 Å². The molecule has 3 rings (SSSR count). The van der Waals surface area contributed by atoms with E-state index in [1.165, 1.54) is 17.3 Å². The van der Waals surface area contributed by atoms with Gasteiger partial charge in [-0.15, -0.1) is 0 Å². The van der Waals surface area contributed by atoms with Crippen LogP contribution >= 0.6 is 11.8 Å². The molecule has 0 saturated heterocycles. The zero-order valence-electron chi connectivity index (χ0n) is 12.4. The van der Waals surface area contributed by atoms with Crippen molar-refractivity contribution in [2.45, 2.75) is 19.1 Å². The predicted octanol–water partition coefficient (Wildman–Crippen LogP) is 4.18. The van der Waals surface area contributed by atoms with Crippen molar-refractivity contribution in [3.8, 4) is 0 Å². The summed E-state index contributed by atoms with van der Waals surface area (Å²) in [5.74, 6) is 0.190. The van der Waals surface area contributed by atoms with Gasteiger partial charge in [0.05, 0.1) is 5.75 Å². The number of carbonyl (C=O) groups excluding carboxylic acids is 1. The van der Waals surface area contributed by atoms with Gasteiger partial charge in [-0.25, -0.2) is 4.98 Å². The van der Waals surface area contributed by atoms with Crippen LogP contribution in [0, 0.1) is 13.8 Å². The number of carbonyl (C=O) groups is 1. The largest absolute Gasteiger partial charge is 0.431 e. The molecule has 1 N–H and O–H groups in total. The molecule has 3 aromatic rings. The quantitative estimate of drug-likeness (QED) is 0.734. The van der Waals surface area contributed by atoms with E-state index in [0.29, 0.717) is 5.22 Å². The molecule has 0 fully saturated rings. The van der Waals surface area contributed by atoms with E-state index in [4.69, 9.17) is 4.42 Å². The first-order valence-corrected chi connectivity index (χ1v) is 7.96. The average Bonchev–Trinajstić information content (AvgIpc) is 2.92. The highest BCUT2D eigenvalue weighted by molar-refractivity contribution is 7.99. The summed E-state index contributed by atoms with van der Waals surface area (Å²) in [6, 6.07) is 13.4. The number of benzene rings is 2. The minimum Gasteiger partial charge on any atom is -0.431 e. The Bertz CT molecular complexity index is 793. The molecule has 22 heavy (non-hydrogen) atoms. The van der Waals surface area contributed by atoms with Crippen LogP contribution in [0.3, 0.4) is 0 Å². The lowest BCUT2D eigenvalue weighted by atomic mass is 10.1. The number of oxazole rings is 1. The Morgan fingerprint density at radius 3 is 2.77 bits per heavy atom. The molecule has 1 heterocycles. The van der Waals surface area contributed by atoms with Gasteiger partial charge in [-0.2, -0.15) is 0 Å². The molecule has 0 bridgehead atoms. The number of hydrogen-bond donors (Lipinski definition) is 1. The highest BCUT2D eigenvalue weighted by atomic mass is 32.2. The maximum atomic E-state index is 12.0. The van der Waals surface area contributed by atoms with Gasteiger partial charge in [0.15, 0.2) is 5.58 Å². The lowest BCUT2D eigenvalue weighted by Crippen LogP contribution is -2.14. The zero-order chi connectivity index (χ0) is 15.5. The first kappa shape index (κ1) is 14.7. The van der Waals surface area contributed by atoms with Gasteiger partial charge in [0.25, 0.3) is 5.22 Å². The van der Waals surface area contributed by atoms with Crippen LogP contribution in [-0.4, -0.2) is 16.6 Å². The van der Waals surface area contributed by atoms with Crippen LogP contribution in [0.4, 0.5) is 5.69 Å². The number of aromatic nitrogens is 1. The van der Waals surface area contributed by atoms with E-state index >= 15 is 0 Å². The highest BCUT2D eigenvalue weighted by Gasteiger charge is 2.09. The molecule has 0 atom stereocenters. The summed E-state index contributed by atoms with van der Waals surface area (Å²) >= 11 is 1.29. The van der Waals surface area contributed by atoms with Crippen molar-refractivity contribution in [2.75, 3.05) is 11.1 Å². The molecule has 1 aromatic heterocycles. The van der Waals surface area contributed by atoms with E-state index in [0.717, 1.165) is 22.4 Å². The van der Waals surface area contributed by atoms with Crippen LogP contribution in [0.15, 0.2) is 52.1 Å². The Kier molecular flexibility index (Phi) is 4.15. The van der Waals surface area contributed by atoms with E-state index in [9.17, 15) is 4.79 Å². The van der Waals surface area contributed by atoms with Crippen molar-refractivity contribution in [2.24, 2.45) is 0 Å². The highest BCUT2D eigenvalue weighted by Crippen LogP contribution is 2.23. The van der Waals surface area contributed by atoms with Gasteiger partial charge in [0.1, 0.15) is 5.52 Å². The number of nitrogens with zero attached hydrogens (tertiary/aromatic N) is 1. The minimum absolute atomic E-state index is 0.0736. The van der Waals surface area contributed by atoms with E-state index in [2.05, 4.69) is 10.3 Å². The summed E-state index contributed by atoms with van der Waals surface area (Å²) in [6.07, 6.45) is 0. The van der Waals surface area contributed by atoms with Crippen LogP contribution in [0.5, 0.6) is 0 Å². The molecule has 0 radical (unpaired) electrons. The maximum Gasteiger partial charge on any atom is 0.257 e. The van der Waals surface area contributed by atoms with Crippen molar-refractivity contribution in [3.63, 3.8) is 0 Å². The lowest BCUT2D eigenvalue weighted by molar-refractivity contribution is -0.113. The van der Waals surface area contributed by atoms with Crippen molar-refractivity contribution in [1.29, 1.82) is 0 Å². The van der Waals surface area contributed by atoms with Crippen LogP contribution in [0.1, 0.15) is 11.1 Å². The van der Waals surface area contributed by atoms with Crippen LogP contribution in [0.25, 0.3) is 11.1 Å². The molecule has 0 saturated carbocycles. The molecule has 4 nitrogen and oxygen atoms in total. The van der Waals surface area contributed by atoms with E-state index in [-0.39, 0.29) is 11.7 Å². The summed E-state index contributed by atoms with van der Waals surface area (Å²) in [5, 5.41) is 3.40. The smallest absolute Gasteiger partial charge is 0.257 e. The Balaban J connectivity index is 1.60. The zero-order valence-corrected chi connectivity index (χ0v) is 13.2. The lowest BCUT2D eigenvalue weighted by Gasteiger charge is -2.06. The van der Waals surface area contributed by atoms with E-state index in [1.54, 1.807) is 0 Å². The molecule has 1 amide bonds. The molecule has 0 spiro atoms. The number of fused-ring (bicyclic) bond motifs is 1. The monoisotopic (exact) mass is 312 g/mol. The Morgan fingerprint density at radius 1 is 1.18 bits per heavy atom. The summed E-state index contributed by atoms with van der Waals surface area (Å²) in [6.45, 7) is 4.07. The third-order valence-electron chi connectivity index (χ3n) is 3.39. The molecule has 0 aliphatic carbocycles. The summed E-state index contributed by atoms with van der Waals surface area (Å²) in [4.78, 5) is 16.3. The van der Waals surface area contributed by atoms with Crippen molar-refractivity contribution in [1.82, 2.24) is 4.98 Å². The Hall–Kier alpha value is -2.27. The van der Waals surface area contributed by atoms with Gasteiger partial charge < -0.3 is 9.73 Å². The molecule has 5 heteroatoms. The van der Waals surface area contributed by atoms with Crippen LogP contribution in [-0.2, 0) is 4.79 Å². The topological polar surface area (TPSA) is 55.1 Å². The van der Waals surface area contributed by atoms with Gasteiger partial charge in [0.2, 0.25) is 5.91 Å². The summed E-state index contributed by atoms with van der Waals surface area (Å²) < 4.78 is 5.58. The maximum absolute atomic E-state index is 12.0. The fraction of sp³-hybridized carbons (Fsp3) is 0.176. The molecule has 112 valence electrons. The normalized spacial score (nSPS) is 10.8. The van der Waals surface area contributed by atoms with Crippen molar-refractivity contribution < 1.29 is 9.21 Å². The fourth-order valence-electron chi connectivity index (χ4n) is 2.06. The SMILES string of the molecule is Cc1ccc(NC(=O)CSc2nc3ccccc3o2)cc1C. The third-order valence-corrected chi connectivity index (χ3v) is 4.22. The van der Waals surface area contributed by atoms with Crippen molar-refractivity contribution in [3.05, 3.63) is 53.6 Å². The fourth-order valence-corrected chi connectivity index (χ4v) is 2.69. The van der Waals surface area contributed by atoms with Crippen LogP contribution in [0.2, 0.25) is 0 Å². The molecule has 0 aliphatic rings. The molecule has 2 aromatic carbocycles.